The zero-order chi connectivity index (χ0) is 14.4. The molecule has 1 atom stereocenters. The second kappa shape index (κ2) is 7.60. The number of hydrogen-bond donors (Lipinski definition) is 1. The van der Waals surface area contributed by atoms with Crippen molar-refractivity contribution in [2.75, 3.05) is 5.32 Å². The lowest BCUT2D eigenvalue weighted by Gasteiger charge is -2.18. The number of aromatic nitrogens is 2. The maximum absolute atomic E-state index is 6.08. The molecule has 1 unspecified atom stereocenters. The highest BCUT2D eigenvalue weighted by atomic mass is 35.5. The van der Waals surface area contributed by atoms with Gasteiger partial charge in [0.25, 0.3) is 0 Å². The molecule has 2 rings (SSSR count). The third kappa shape index (κ3) is 4.18. The molecular weight excluding hydrogens is 290 g/mol. The minimum absolute atomic E-state index is 0.292. The van der Waals surface area contributed by atoms with Crippen LogP contribution in [0.5, 0.6) is 0 Å². The third-order valence-corrected chi connectivity index (χ3v) is 4.18. The van der Waals surface area contributed by atoms with Crippen LogP contribution >= 0.6 is 22.9 Å². The highest BCUT2D eigenvalue weighted by Gasteiger charge is 2.13. The van der Waals surface area contributed by atoms with Crippen LogP contribution < -0.4 is 5.32 Å². The van der Waals surface area contributed by atoms with Crippen molar-refractivity contribution in [3.63, 3.8) is 0 Å². The molecule has 3 nitrogen and oxygen atoms in total. The Kier molecular flexibility index (Phi) is 5.80. The van der Waals surface area contributed by atoms with E-state index in [1.807, 2.05) is 0 Å². The molecule has 0 saturated carbocycles. The second-order valence-electron chi connectivity index (χ2n) is 4.74. The Labute approximate surface area is 129 Å². The van der Waals surface area contributed by atoms with E-state index < -0.39 is 0 Å². The summed E-state index contributed by atoms with van der Waals surface area (Å²) in [5.74, 6) is 1.63. The zero-order valence-corrected chi connectivity index (χ0v) is 13.5. The molecule has 2 heterocycles. The minimum atomic E-state index is 0.292. The quantitative estimate of drug-likeness (QED) is 0.723. The maximum atomic E-state index is 6.08. The number of rotatable bonds is 7. The van der Waals surface area contributed by atoms with Crippen LogP contribution in [0, 0.1) is 0 Å². The second-order valence-corrected chi connectivity index (χ2v) is 6.11. The van der Waals surface area contributed by atoms with Crippen LogP contribution in [0.15, 0.2) is 23.6 Å². The van der Waals surface area contributed by atoms with E-state index in [1.165, 1.54) is 4.88 Å². The lowest BCUT2D eigenvalue weighted by molar-refractivity contribution is 0.682. The standard InChI is InChI=1S/C15H20ClN3S/c1-3-6-11(12-8-5-9-20-12)17-15-10-13(16)18-14(19-15)7-4-2/h5,8-11H,3-4,6-7H2,1-2H3,(H,17,18,19). The molecule has 5 heteroatoms. The molecule has 0 saturated heterocycles. The molecule has 2 aromatic heterocycles. The van der Waals surface area contributed by atoms with Crippen LogP contribution in [0.1, 0.15) is 49.9 Å². The Bertz CT molecular complexity index is 528. The van der Waals surface area contributed by atoms with Crippen molar-refractivity contribution in [3.05, 3.63) is 39.4 Å². The van der Waals surface area contributed by atoms with E-state index in [0.717, 1.165) is 37.3 Å². The first kappa shape index (κ1) is 15.3. The SMILES string of the molecule is CCCc1nc(Cl)cc(NC(CCC)c2cccs2)n1. The maximum Gasteiger partial charge on any atom is 0.134 e. The number of thiophene rings is 1. The van der Waals surface area contributed by atoms with Gasteiger partial charge in [0, 0.05) is 17.4 Å². The van der Waals surface area contributed by atoms with Gasteiger partial charge in [-0.15, -0.1) is 11.3 Å². The zero-order valence-electron chi connectivity index (χ0n) is 11.9. The molecule has 2 aromatic rings. The predicted molar refractivity (Wildman–Crippen MR) is 86.6 cm³/mol. The van der Waals surface area contributed by atoms with E-state index in [1.54, 1.807) is 17.4 Å². The summed E-state index contributed by atoms with van der Waals surface area (Å²) >= 11 is 7.85. The van der Waals surface area contributed by atoms with Gasteiger partial charge in [0.1, 0.15) is 16.8 Å². The fraction of sp³-hybridized carbons (Fsp3) is 0.467. The van der Waals surface area contributed by atoms with Gasteiger partial charge in [-0.2, -0.15) is 0 Å². The van der Waals surface area contributed by atoms with Gasteiger partial charge < -0.3 is 5.32 Å². The molecule has 0 aliphatic carbocycles. The average molecular weight is 310 g/mol. The van der Waals surface area contributed by atoms with Gasteiger partial charge in [-0.05, 0) is 24.3 Å². The lowest BCUT2D eigenvalue weighted by atomic mass is 10.1. The van der Waals surface area contributed by atoms with Gasteiger partial charge in [-0.25, -0.2) is 9.97 Å². The van der Waals surface area contributed by atoms with Gasteiger partial charge >= 0.3 is 0 Å². The monoisotopic (exact) mass is 309 g/mol. The number of hydrogen-bond acceptors (Lipinski definition) is 4. The molecule has 0 amide bonds. The van der Waals surface area contributed by atoms with Crippen LogP contribution in [-0.4, -0.2) is 9.97 Å². The summed E-state index contributed by atoms with van der Waals surface area (Å²) < 4.78 is 0. The molecule has 108 valence electrons. The fourth-order valence-electron chi connectivity index (χ4n) is 2.12. The number of halogens is 1. The van der Waals surface area contributed by atoms with E-state index in [9.17, 15) is 0 Å². The van der Waals surface area contributed by atoms with E-state index in [-0.39, 0.29) is 0 Å². The number of nitrogens with zero attached hydrogens (tertiary/aromatic N) is 2. The third-order valence-electron chi connectivity index (χ3n) is 3.00. The highest BCUT2D eigenvalue weighted by Crippen LogP contribution is 2.27. The summed E-state index contributed by atoms with van der Waals surface area (Å²) in [6.07, 6.45) is 4.07. The summed E-state index contributed by atoms with van der Waals surface area (Å²) in [6, 6.07) is 6.34. The molecule has 0 aromatic carbocycles. The van der Waals surface area contributed by atoms with E-state index in [4.69, 9.17) is 11.6 Å². The highest BCUT2D eigenvalue weighted by molar-refractivity contribution is 7.10. The molecule has 0 aliphatic heterocycles. The summed E-state index contributed by atoms with van der Waals surface area (Å²) in [6.45, 7) is 4.31. The molecule has 0 spiro atoms. The Balaban J connectivity index is 2.17. The summed E-state index contributed by atoms with van der Waals surface area (Å²) in [5.41, 5.74) is 0. The predicted octanol–water partition coefficient (Wildman–Crippen LogP) is 5.10. The Morgan fingerprint density at radius 2 is 2.15 bits per heavy atom. The van der Waals surface area contributed by atoms with Gasteiger partial charge in [0.05, 0.1) is 6.04 Å². The summed E-state index contributed by atoms with van der Waals surface area (Å²) in [5, 5.41) is 6.11. The van der Waals surface area contributed by atoms with Gasteiger partial charge in [-0.1, -0.05) is 37.9 Å². The van der Waals surface area contributed by atoms with Crippen LogP contribution in [0.4, 0.5) is 5.82 Å². The van der Waals surface area contributed by atoms with Crippen LogP contribution in [0.2, 0.25) is 5.15 Å². The van der Waals surface area contributed by atoms with Crippen molar-refractivity contribution in [3.8, 4) is 0 Å². The first-order chi connectivity index (χ1) is 9.72. The molecule has 0 bridgehead atoms. The van der Waals surface area contributed by atoms with Gasteiger partial charge in [0.15, 0.2) is 0 Å². The first-order valence-corrected chi connectivity index (χ1v) is 8.32. The fourth-order valence-corrected chi connectivity index (χ4v) is 3.13. The van der Waals surface area contributed by atoms with Gasteiger partial charge in [0.2, 0.25) is 0 Å². The van der Waals surface area contributed by atoms with Crippen LogP contribution in [0.3, 0.4) is 0 Å². The van der Waals surface area contributed by atoms with Crippen molar-refractivity contribution in [1.29, 1.82) is 0 Å². The van der Waals surface area contributed by atoms with E-state index >= 15 is 0 Å². The Morgan fingerprint density at radius 3 is 2.80 bits per heavy atom. The number of nitrogens with one attached hydrogen (secondary N) is 1. The topological polar surface area (TPSA) is 37.8 Å². The molecule has 0 radical (unpaired) electrons. The molecule has 0 aliphatic rings. The Morgan fingerprint density at radius 1 is 1.30 bits per heavy atom. The van der Waals surface area contributed by atoms with Crippen LogP contribution in [0.25, 0.3) is 0 Å². The van der Waals surface area contributed by atoms with Crippen molar-refractivity contribution >= 4 is 28.8 Å². The molecular formula is C15H20ClN3S. The van der Waals surface area contributed by atoms with Crippen molar-refractivity contribution in [1.82, 2.24) is 9.97 Å². The molecule has 20 heavy (non-hydrogen) atoms. The largest absolute Gasteiger partial charge is 0.362 e. The first-order valence-electron chi connectivity index (χ1n) is 7.06. The lowest BCUT2D eigenvalue weighted by Crippen LogP contribution is -2.11. The van der Waals surface area contributed by atoms with E-state index in [2.05, 4.69) is 46.6 Å². The molecule has 0 fully saturated rings. The number of aryl methyl sites for hydroxylation is 1. The number of anilines is 1. The normalized spacial score (nSPS) is 12.3. The van der Waals surface area contributed by atoms with Crippen molar-refractivity contribution in [2.24, 2.45) is 0 Å². The minimum Gasteiger partial charge on any atom is -0.362 e. The van der Waals surface area contributed by atoms with Crippen molar-refractivity contribution < 1.29 is 0 Å². The smallest absolute Gasteiger partial charge is 0.134 e. The van der Waals surface area contributed by atoms with Gasteiger partial charge in [-0.3, -0.25) is 0 Å². The Hall–Kier alpha value is -1.13. The van der Waals surface area contributed by atoms with E-state index in [0.29, 0.717) is 11.2 Å². The van der Waals surface area contributed by atoms with Crippen LogP contribution in [-0.2, 0) is 6.42 Å². The summed E-state index contributed by atoms with van der Waals surface area (Å²) in [4.78, 5) is 10.1. The summed E-state index contributed by atoms with van der Waals surface area (Å²) in [7, 11) is 0. The average Bonchev–Trinajstić information content (AvgIpc) is 2.91. The van der Waals surface area contributed by atoms with Crippen molar-refractivity contribution in [2.45, 2.75) is 45.6 Å². The molecule has 1 N–H and O–H groups in total.